The summed E-state index contributed by atoms with van der Waals surface area (Å²) in [5.74, 6) is 6.09. The van der Waals surface area contributed by atoms with Crippen LogP contribution in [-0.2, 0) is 6.42 Å². The molecule has 0 atom stereocenters. The maximum Gasteiger partial charge on any atom is 0.315 e. The lowest BCUT2D eigenvalue weighted by Crippen LogP contribution is -2.36. The van der Waals surface area contributed by atoms with Crippen LogP contribution in [0.3, 0.4) is 0 Å². The highest BCUT2D eigenvalue weighted by Gasteiger charge is 2.00. The number of benzene rings is 2. The van der Waals surface area contributed by atoms with E-state index >= 15 is 0 Å². The summed E-state index contributed by atoms with van der Waals surface area (Å²) in [7, 11) is 1.62. The molecule has 134 valence electrons. The van der Waals surface area contributed by atoms with Gasteiger partial charge >= 0.3 is 6.03 Å². The summed E-state index contributed by atoms with van der Waals surface area (Å²) in [6.07, 6.45) is 0.731. The normalized spacial score (nSPS) is 9.58. The Morgan fingerprint density at radius 3 is 2.35 bits per heavy atom. The fourth-order valence-electron chi connectivity index (χ4n) is 2.16. The van der Waals surface area contributed by atoms with Crippen molar-refractivity contribution in [2.45, 2.75) is 6.42 Å². The molecule has 2 aromatic rings. The molecule has 0 bridgehead atoms. The van der Waals surface area contributed by atoms with Crippen LogP contribution in [0, 0.1) is 11.8 Å². The van der Waals surface area contributed by atoms with Crippen LogP contribution in [0.15, 0.2) is 48.5 Å². The summed E-state index contributed by atoms with van der Waals surface area (Å²) in [5.41, 5.74) is 7.47. The van der Waals surface area contributed by atoms with Gasteiger partial charge in [0.2, 0.25) is 5.91 Å². The average molecular weight is 351 g/mol. The van der Waals surface area contributed by atoms with Crippen molar-refractivity contribution in [2.75, 3.05) is 20.2 Å². The van der Waals surface area contributed by atoms with Crippen molar-refractivity contribution >= 4 is 11.9 Å². The lowest BCUT2D eigenvalue weighted by molar-refractivity contribution is 0.1000. The zero-order valence-corrected chi connectivity index (χ0v) is 14.5. The topological polar surface area (TPSA) is 93.4 Å². The van der Waals surface area contributed by atoms with Crippen molar-refractivity contribution in [1.29, 1.82) is 0 Å². The van der Waals surface area contributed by atoms with Gasteiger partial charge in [0.05, 0.1) is 13.7 Å². The monoisotopic (exact) mass is 351 g/mol. The summed E-state index contributed by atoms with van der Waals surface area (Å²) in [6, 6.07) is 14.1. The maximum absolute atomic E-state index is 11.7. The number of nitrogens with one attached hydrogen (secondary N) is 2. The summed E-state index contributed by atoms with van der Waals surface area (Å²) in [5, 5.41) is 5.45. The molecular weight excluding hydrogens is 330 g/mol. The minimum atomic E-state index is -0.475. The van der Waals surface area contributed by atoms with Gasteiger partial charge in [0.1, 0.15) is 5.75 Å². The maximum atomic E-state index is 11.7. The Balaban J connectivity index is 1.68. The highest BCUT2D eigenvalue weighted by Crippen LogP contribution is 2.11. The Hall–Kier alpha value is -3.46. The molecule has 0 fully saturated rings. The van der Waals surface area contributed by atoms with Crippen LogP contribution >= 0.6 is 0 Å². The molecule has 26 heavy (non-hydrogen) atoms. The van der Waals surface area contributed by atoms with E-state index in [-0.39, 0.29) is 12.6 Å². The van der Waals surface area contributed by atoms with Crippen molar-refractivity contribution in [3.63, 3.8) is 0 Å². The number of carbonyl (C=O) groups is 2. The van der Waals surface area contributed by atoms with Crippen LogP contribution in [0.1, 0.15) is 21.5 Å². The fourth-order valence-corrected chi connectivity index (χ4v) is 2.16. The van der Waals surface area contributed by atoms with Gasteiger partial charge in [0.15, 0.2) is 0 Å². The van der Waals surface area contributed by atoms with Gasteiger partial charge in [-0.2, -0.15) is 0 Å². The van der Waals surface area contributed by atoms with Crippen molar-refractivity contribution in [3.05, 3.63) is 65.2 Å². The number of hydrogen-bond donors (Lipinski definition) is 3. The fraction of sp³-hybridized carbons (Fsp3) is 0.200. The van der Waals surface area contributed by atoms with Gasteiger partial charge in [-0.25, -0.2) is 4.79 Å². The third-order valence-corrected chi connectivity index (χ3v) is 3.60. The van der Waals surface area contributed by atoms with Crippen LogP contribution in [0.2, 0.25) is 0 Å². The van der Waals surface area contributed by atoms with Gasteiger partial charge in [0.25, 0.3) is 0 Å². The largest absolute Gasteiger partial charge is 0.497 e. The number of nitrogens with two attached hydrogens (primary N) is 1. The molecule has 2 rings (SSSR count). The second-order valence-corrected chi connectivity index (χ2v) is 5.45. The van der Waals surface area contributed by atoms with E-state index in [1.165, 1.54) is 0 Å². The molecule has 2 aromatic carbocycles. The Bertz CT molecular complexity index is 803. The minimum Gasteiger partial charge on any atom is -0.497 e. The number of methoxy groups -OCH3 is 1. The molecule has 6 heteroatoms. The Labute approximate surface area is 152 Å². The van der Waals surface area contributed by atoms with Crippen LogP contribution in [0.25, 0.3) is 0 Å². The molecule has 0 aliphatic rings. The van der Waals surface area contributed by atoms with Crippen LogP contribution in [-0.4, -0.2) is 32.1 Å². The Morgan fingerprint density at radius 1 is 1.04 bits per heavy atom. The number of hydrogen-bond acceptors (Lipinski definition) is 3. The smallest absolute Gasteiger partial charge is 0.315 e. The summed E-state index contributed by atoms with van der Waals surface area (Å²) in [4.78, 5) is 22.7. The highest BCUT2D eigenvalue weighted by atomic mass is 16.5. The SMILES string of the molecule is COc1ccc(CCNC(=O)NCC#Cc2ccc(C(N)=O)cc2)cc1. The lowest BCUT2D eigenvalue weighted by atomic mass is 10.1. The zero-order chi connectivity index (χ0) is 18.8. The number of ether oxygens (including phenoxy) is 1. The summed E-state index contributed by atoms with van der Waals surface area (Å²) < 4.78 is 5.10. The molecule has 0 aliphatic carbocycles. The van der Waals surface area contributed by atoms with Gasteiger partial charge in [-0.3, -0.25) is 4.79 Å². The van der Waals surface area contributed by atoms with E-state index in [1.807, 2.05) is 24.3 Å². The molecule has 3 amide bonds. The molecular formula is C20H21N3O3. The molecule has 0 aliphatic heterocycles. The Kier molecular flexibility index (Phi) is 7.07. The first-order valence-corrected chi connectivity index (χ1v) is 8.12. The van der Waals surface area contributed by atoms with Crippen molar-refractivity contribution in [2.24, 2.45) is 5.73 Å². The Morgan fingerprint density at radius 2 is 1.73 bits per heavy atom. The predicted molar refractivity (Wildman–Crippen MR) is 99.9 cm³/mol. The quantitative estimate of drug-likeness (QED) is 0.691. The predicted octanol–water partition coefficient (Wildman–Crippen LogP) is 1.69. The molecule has 4 N–H and O–H groups in total. The second-order valence-electron chi connectivity index (χ2n) is 5.45. The number of carbonyl (C=O) groups excluding carboxylic acids is 2. The van der Waals surface area contributed by atoms with E-state index in [9.17, 15) is 9.59 Å². The lowest BCUT2D eigenvalue weighted by Gasteiger charge is -2.06. The molecule has 0 heterocycles. The zero-order valence-electron chi connectivity index (χ0n) is 14.5. The third kappa shape index (κ3) is 6.21. The first kappa shape index (κ1) is 18.9. The summed E-state index contributed by atoms with van der Waals surface area (Å²) in [6.45, 7) is 0.756. The highest BCUT2D eigenvalue weighted by molar-refractivity contribution is 5.92. The minimum absolute atomic E-state index is 0.228. The van der Waals surface area contributed by atoms with Gasteiger partial charge in [-0.15, -0.1) is 0 Å². The van der Waals surface area contributed by atoms with Crippen molar-refractivity contribution < 1.29 is 14.3 Å². The number of urea groups is 1. The van der Waals surface area contributed by atoms with Crippen LogP contribution in [0.5, 0.6) is 5.75 Å². The molecule has 0 saturated carbocycles. The molecule has 0 radical (unpaired) electrons. The van der Waals surface area contributed by atoms with E-state index in [1.54, 1.807) is 31.4 Å². The summed E-state index contributed by atoms with van der Waals surface area (Å²) >= 11 is 0. The number of rotatable bonds is 6. The van der Waals surface area contributed by atoms with Crippen molar-refractivity contribution in [1.82, 2.24) is 10.6 Å². The van der Waals surface area contributed by atoms with E-state index in [0.29, 0.717) is 12.1 Å². The number of amides is 3. The van der Waals surface area contributed by atoms with Gasteiger partial charge in [-0.05, 0) is 48.4 Å². The van der Waals surface area contributed by atoms with Gasteiger partial charge in [0, 0.05) is 17.7 Å². The van der Waals surface area contributed by atoms with E-state index in [4.69, 9.17) is 10.5 Å². The number of primary amides is 1. The standard InChI is InChI=1S/C20H21N3O3/c1-26-18-10-6-16(7-11-18)12-14-23-20(25)22-13-2-3-15-4-8-17(9-5-15)19(21)24/h4-11H,12-14H2,1H3,(H2,21,24)(H2,22,23,25). The van der Waals surface area contributed by atoms with E-state index < -0.39 is 5.91 Å². The third-order valence-electron chi connectivity index (χ3n) is 3.60. The van der Waals surface area contributed by atoms with Crippen molar-refractivity contribution in [3.8, 4) is 17.6 Å². The molecule has 0 saturated heterocycles. The van der Waals surface area contributed by atoms with E-state index in [0.717, 1.165) is 23.3 Å². The average Bonchev–Trinajstić information content (AvgIpc) is 2.66. The second kappa shape index (κ2) is 9.74. The van der Waals surface area contributed by atoms with Gasteiger partial charge in [-0.1, -0.05) is 24.0 Å². The van der Waals surface area contributed by atoms with Crippen LogP contribution < -0.4 is 21.1 Å². The molecule has 0 spiro atoms. The van der Waals surface area contributed by atoms with E-state index in [2.05, 4.69) is 22.5 Å². The molecule has 6 nitrogen and oxygen atoms in total. The molecule has 0 aromatic heterocycles. The molecule has 0 unspecified atom stereocenters. The first-order chi connectivity index (χ1) is 12.6. The first-order valence-electron chi connectivity index (χ1n) is 8.12. The van der Waals surface area contributed by atoms with Crippen LogP contribution in [0.4, 0.5) is 4.79 Å². The van der Waals surface area contributed by atoms with Gasteiger partial charge < -0.3 is 21.1 Å².